The summed E-state index contributed by atoms with van der Waals surface area (Å²) in [7, 11) is 0. The maximum Gasteiger partial charge on any atom is 0.195 e. The Bertz CT molecular complexity index is 811. The number of carbonyl (C=O) groups excluding carboxylic acids is 1. The Kier molecular flexibility index (Phi) is 3.36. The summed E-state index contributed by atoms with van der Waals surface area (Å²) in [5, 5.41) is 0.974. The first-order valence-corrected chi connectivity index (χ1v) is 7.10. The van der Waals surface area contributed by atoms with Crippen LogP contribution in [0.4, 0.5) is 0 Å². The summed E-state index contributed by atoms with van der Waals surface area (Å²) >= 11 is 3.45. The highest BCUT2D eigenvalue weighted by Crippen LogP contribution is 2.22. The van der Waals surface area contributed by atoms with E-state index in [0.29, 0.717) is 11.1 Å². The van der Waals surface area contributed by atoms with Crippen molar-refractivity contribution >= 4 is 32.6 Å². The number of ketones is 1. The summed E-state index contributed by atoms with van der Waals surface area (Å²) < 4.78 is 0.815. The molecule has 0 aliphatic carbocycles. The van der Waals surface area contributed by atoms with E-state index >= 15 is 0 Å². The Hall–Kier alpha value is -2.00. The van der Waals surface area contributed by atoms with Crippen LogP contribution in [0.15, 0.2) is 59.2 Å². The van der Waals surface area contributed by atoms with E-state index in [1.54, 1.807) is 6.20 Å². The van der Waals surface area contributed by atoms with Gasteiger partial charge in [0.15, 0.2) is 5.78 Å². The van der Waals surface area contributed by atoms with Crippen molar-refractivity contribution in [3.8, 4) is 0 Å². The van der Waals surface area contributed by atoms with Crippen LogP contribution in [0.1, 0.15) is 21.5 Å². The van der Waals surface area contributed by atoms with Crippen molar-refractivity contribution in [2.24, 2.45) is 0 Å². The van der Waals surface area contributed by atoms with Crippen molar-refractivity contribution in [1.82, 2.24) is 4.98 Å². The summed E-state index contributed by atoms with van der Waals surface area (Å²) in [6.07, 6.45) is 1.64. The number of hydrogen-bond donors (Lipinski definition) is 0. The highest BCUT2D eigenvalue weighted by atomic mass is 79.9. The molecule has 1 aromatic heterocycles. The normalized spacial score (nSPS) is 10.7. The molecule has 20 heavy (non-hydrogen) atoms. The Morgan fingerprint density at radius 3 is 2.70 bits per heavy atom. The zero-order chi connectivity index (χ0) is 14.1. The number of nitrogens with zero attached hydrogens (tertiary/aromatic N) is 1. The number of pyridine rings is 1. The minimum Gasteiger partial charge on any atom is -0.289 e. The van der Waals surface area contributed by atoms with E-state index in [4.69, 9.17) is 0 Å². The summed E-state index contributed by atoms with van der Waals surface area (Å²) in [5.74, 6) is -0.0184. The van der Waals surface area contributed by atoms with Gasteiger partial charge in [0.2, 0.25) is 0 Å². The number of benzene rings is 2. The van der Waals surface area contributed by atoms with Crippen molar-refractivity contribution in [2.45, 2.75) is 6.92 Å². The van der Waals surface area contributed by atoms with E-state index in [-0.39, 0.29) is 5.78 Å². The van der Waals surface area contributed by atoms with Crippen LogP contribution < -0.4 is 0 Å². The highest BCUT2D eigenvalue weighted by Gasteiger charge is 2.13. The first-order valence-electron chi connectivity index (χ1n) is 6.31. The second-order valence-electron chi connectivity index (χ2n) is 4.73. The van der Waals surface area contributed by atoms with Crippen LogP contribution in [-0.2, 0) is 0 Å². The van der Waals surface area contributed by atoms with E-state index in [9.17, 15) is 4.79 Å². The number of rotatable bonds is 2. The minimum atomic E-state index is -0.0184. The lowest BCUT2D eigenvalue weighted by molar-refractivity contribution is 0.103. The predicted molar refractivity (Wildman–Crippen MR) is 84.1 cm³/mol. The summed E-state index contributed by atoms with van der Waals surface area (Å²) in [6, 6.07) is 15.4. The quantitative estimate of drug-likeness (QED) is 0.647. The van der Waals surface area contributed by atoms with Crippen LogP contribution >= 0.6 is 15.9 Å². The maximum absolute atomic E-state index is 12.6. The molecule has 0 saturated heterocycles. The highest BCUT2D eigenvalue weighted by molar-refractivity contribution is 9.10. The van der Waals surface area contributed by atoms with Gasteiger partial charge in [-0.25, -0.2) is 0 Å². The Morgan fingerprint density at radius 1 is 1.10 bits per heavy atom. The van der Waals surface area contributed by atoms with Crippen molar-refractivity contribution in [3.05, 3.63) is 75.9 Å². The van der Waals surface area contributed by atoms with Gasteiger partial charge in [0.05, 0.1) is 5.52 Å². The lowest BCUT2D eigenvalue weighted by Crippen LogP contribution is -2.03. The van der Waals surface area contributed by atoms with Gasteiger partial charge in [-0.1, -0.05) is 40.2 Å². The number of para-hydroxylation sites is 1. The number of halogens is 1. The number of aryl methyl sites for hydroxylation is 1. The molecule has 0 unspecified atom stereocenters. The summed E-state index contributed by atoms with van der Waals surface area (Å²) in [6.45, 7) is 2.00. The molecule has 1 heterocycles. The molecular formula is C17H12BrNO. The molecule has 2 aromatic carbocycles. The molecule has 0 aliphatic heterocycles. The molecule has 0 aliphatic rings. The molecule has 0 bridgehead atoms. The van der Waals surface area contributed by atoms with E-state index in [1.165, 1.54) is 0 Å². The van der Waals surface area contributed by atoms with Gasteiger partial charge >= 0.3 is 0 Å². The molecule has 0 amide bonds. The van der Waals surface area contributed by atoms with Gasteiger partial charge in [0, 0.05) is 27.2 Å². The topological polar surface area (TPSA) is 30.0 Å². The SMILES string of the molecule is Cc1ccc(C(=O)c2cnc3ccccc3c2)c(Br)c1. The number of carbonyl (C=O) groups is 1. The average Bonchev–Trinajstić information content (AvgIpc) is 2.46. The van der Waals surface area contributed by atoms with Gasteiger partial charge in [-0.3, -0.25) is 9.78 Å². The Morgan fingerprint density at radius 2 is 1.90 bits per heavy atom. The monoisotopic (exact) mass is 325 g/mol. The van der Waals surface area contributed by atoms with Crippen molar-refractivity contribution in [2.75, 3.05) is 0 Å². The molecular weight excluding hydrogens is 314 g/mol. The first-order chi connectivity index (χ1) is 9.65. The zero-order valence-corrected chi connectivity index (χ0v) is 12.5. The molecule has 0 spiro atoms. The fraction of sp³-hybridized carbons (Fsp3) is 0.0588. The molecule has 2 nitrogen and oxygen atoms in total. The average molecular weight is 326 g/mol. The molecule has 0 atom stereocenters. The smallest absolute Gasteiger partial charge is 0.195 e. The van der Waals surface area contributed by atoms with Crippen LogP contribution in [0.5, 0.6) is 0 Å². The molecule has 0 saturated carbocycles. The minimum absolute atomic E-state index is 0.0184. The molecule has 3 aromatic rings. The van der Waals surface area contributed by atoms with E-state index in [0.717, 1.165) is 20.9 Å². The molecule has 0 N–H and O–H groups in total. The van der Waals surface area contributed by atoms with Crippen LogP contribution in [0.25, 0.3) is 10.9 Å². The largest absolute Gasteiger partial charge is 0.289 e. The van der Waals surface area contributed by atoms with Gasteiger partial charge in [-0.15, -0.1) is 0 Å². The number of fused-ring (bicyclic) bond motifs is 1. The van der Waals surface area contributed by atoms with Gasteiger partial charge in [0.1, 0.15) is 0 Å². The summed E-state index contributed by atoms with van der Waals surface area (Å²) in [5.41, 5.74) is 3.28. The van der Waals surface area contributed by atoms with Gasteiger partial charge in [-0.2, -0.15) is 0 Å². The lowest BCUT2D eigenvalue weighted by Gasteiger charge is -2.06. The van der Waals surface area contributed by atoms with Crippen molar-refractivity contribution in [1.29, 1.82) is 0 Å². The van der Waals surface area contributed by atoms with Crippen LogP contribution in [-0.4, -0.2) is 10.8 Å². The molecule has 98 valence electrons. The van der Waals surface area contributed by atoms with Gasteiger partial charge < -0.3 is 0 Å². The molecule has 3 heteroatoms. The van der Waals surface area contributed by atoms with Gasteiger partial charge in [0.25, 0.3) is 0 Å². The maximum atomic E-state index is 12.6. The first kappa shape index (κ1) is 13.0. The van der Waals surface area contributed by atoms with Crippen LogP contribution in [0.3, 0.4) is 0 Å². The van der Waals surface area contributed by atoms with E-state index in [1.807, 2.05) is 55.5 Å². The number of aromatic nitrogens is 1. The standard InChI is InChI=1S/C17H12BrNO/c1-11-6-7-14(15(18)8-11)17(20)13-9-12-4-2-3-5-16(12)19-10-13/h2-10H,1H3. The van der Waals surface area contributed by atoms with Crippen LogP contribution in [0, 0.1) is 6.92 Å². The third-order valence-electron chi connectivity index (χ3n) is 3.22. The predicted octanol–water partition coefficient (Wildman–Crippen LogP) is 4.54. The fourth-order valence-corrected chi connectivity index (χ4v) is 2.83. The molecule has 3 rings (SSSR count). The molecule has 0 radical (unpaired) electrons. The summed E-state index contributed by atoms with van der Waals surface area (Å²) in [4.78, 5) is 16.9. The third kappa shape index (κ3) is 2.37. The number of hydrogen-bond acceptors (Lipinski definition) is 2. The zero-order valence-electron chi connectivity index (χ0n) is 10.9. The van der Waals surface area contributed by atoms with E-state index < -0.39 is 0 Å². The second kappa shape index (κ2) is 5.17. The molecule has 0 fully saturated rings. The lowest BCUT2D eigenvalue weighted by atomic mass is 10.0. The van der Waals surface area contributed by atoms with E-state index in [2.05, 4.69) is 20.9 Å². The van der Waals surface area contributed by atoms with Crippen molar-refractivity contribution < 1.29 is 4.79 Å². The second-order valence-corrected chi connectivity index (χ2v) is 5.58. The third-order valence-corrected chi connectivity index (χ3v) is 3.88. The fourth-order valence-electron chi connectivity index (χ4n) is 2.15. The van der Waals surface area contributed by atoms with Crippen molar-refractivity contribution in [3.63, 3.8) is 0 Å². The Balaban J connectivity index is 2.08. The van der Waals surface area contributed by atoms with Gasteiger partial charge in [-0.05, 0) is 36.8 Å². The van der Waals surface area contributed by atoms with Crippen LogP contribution in [0.2, 0.25) is 0 Å². The Labute approximate surface area is 125 Å².